The number of H-pyrrole nitrogens is 1. The van der Waals surface area contributed by atoms with Crippen LogP contribution in [0.1, 0.15) is 5.69 Å². The van der Waals surface area contributed by atoms with Crippen LogP contribution in [0.5, 0.6) is 0 Å². The second-order valence-corrected chi connectivity index (χ2v) is 5.48. The Balaban J connectivity index is 0.00000208. The molecule has 2 heterocycles. The molecule has 1 aromatic carbocycles. The number of nitrogens with one attached hydrogen (secondary N) is 3. The summed E-state index contributed by atoms with van der Waals surface area (Å²) in [7, 11) is 1.80. The van der Waals surface area contributed by atoms with E-state index in [2.05, 4.69) is 67.9 Å². The van der Waals surface area contributed by atoms with Gasteiger partial charge in [0.25, 0.3) is 0 Å². The van der Waals surface area contributed by atoms with E-state index >= 15 is 0 Å². The highest BCUT2D eigenvalue weighted by Crippen LogP contribution is 2.14. The molecule has 3 aromatic rings. The molecule has 3 rings (SSSR count). The average molecular weight is 437 g/mol. The fourth-order valence-corrected chi connectivity index (χ4v) is 2.63. The maximum atomic E-state index is 4.26. The molecule has 0 bridgehead atoms. The maximum absolute atomic E-state index is 4.26. The molecule has 0 spiro atoms. The zero-order valence-electron chi connectivity index (χ0n) is 13.8. The Bertz CT molecular complexity index is 728. The Morgan fingerprint density at radius 2 is 1.83 bits per heavy atom. The Morgan fingerprint density at radius 3 is 2.58 bits per heavy atom. The number of aromatic amines is 1. The van der Waals surface area contributed by atoms with E-state index in [9.17, 15) is 0 Å². The quantitative estimate of drug-likeness (QED) is 0.316. The standard InChI is InChI=1S/C18H23N5.HI/c1-19-18(21-10-13-23-11-4-5-12-23)20-9-8-16-14-15-6-2-3-7-17(15)22-16;/h2-7,11-12,14,22H,8-10,13H2,1H3,(H2,19,20,21);1H. The van der Waals surface area contributed by atoms with Gasteiger partial charge in [0.15, 0.2) is 5.96 Å². The fraction of sp³-hybridized carbons (Fsp3) is 0.278. The van der Waals surface area contributed by atoms with Crippen molar-refractivity contribution in [2.24, 2.45) is 4.99 Å². The topological polar surface area (TPSA) is 57.1 Å². The zero-order chi connectivity index (χ0) is 15.9. The van der Waals surface area contributed by atoms with Gasteiger partial charge in [-0.15, -0.1) is 24.0 Å². The van der Waals surface area contributed by atoms with Gasteiger partial charge in [0.1, 0.15) is 0 Å². The van der Waals surface area contributed by atoms with Crippen molar-refractivity contribution in [3.05, 3.63) is 60.6 Å². The van der Waals surface area contributed by atoms with Crippen LogP contribution < -0.4 is 10.6 Å². The predicted molar refractivity (Wildman–Crippen MR) is 111 cm³/mol. The molecule has 0 saturated carbocycles. The molecule has 0 amide bonds. The van der Waals surface area contributed by atoms with E-state index < -0.39 is 0 Å². The maximum Gasteiger partial charge on any atom is 0.191 e. The van der Waals surface area contributed by atoms with Gasteiger partial charge in [-0.2, -0.15) is 0 Å². The number of halogens is 1. The summed E-state index contributed by atoms with van der Waals surface area (Å²) in [5.41, 5.74) is 2.43. The zero-order valence-corrected chi connectivity index (χ0v) is 16.2. The summed E-state index contributed by atoms with van der Waals surface area (Å²) in [6.45, 7) is 2.62. The first-order valence-corrected chi connectivity index (χ1v) is 7.97. The predicted octanol–water partition coefficient (Wildman–Crippen LogP) is 3.00. The highest BCUT2D eigenvalue weighted by atomic mass is 127. The van der Waals surface area contributed by atoms with Gasteiger partial charge in [-0.3, -0.25) is 4.99 Å². The molecule has 0 aliphatic rings. The molecule has 6 heteroatoms. The third kappa shape index (κ3) is 5.02. The average Bonchev–Trinajstić information content (AvgIpc) is 3.22. The van der Waals surface area contributed by atoms with Gasteiger partial charge in [-0.1, -0.05) is 18.2 Å². The van der Waals surface area contributed by atoms with Gasteiger partial charge < -0.3 is 20.2 Å². The van der Waals surface area contributed by atoms with E-state index in [0.29, 0.717) is 0 Å². The summed E-state index contributed by atoms with van der Waals surface area (Å²) in [5.74, 6) is 0.841. The highest BCUT2D eigenvalue weighted by Gasteiger charge is 2.01. The molecular formula is C18H24IN5. The minimum absolute atomic E-state index is 0. The first kappa shape index (κ1) is 18.4. The van der Waals surface area contributed by atoms with Crippen molar-refractivity contribution in [1.82, 2.24) is 20.2 Å². The Labute approximate surface area is 159 Å². The molecule has 0 saturated heterocycles. The summed E-state index contributed by atoms with van der Waals surface area (Å²) in [5, 5.41) is 7.94. The second kappa shape index (κ2) is 9.36. The van der Waals surface area contributed by atoms with E-state index in [1.807, 2.05) is 12.1 Å². The number of benzene rings is 1. The number of fused-ring (bicyclic) bond motifs is 1. The Kier molecular flexibility index (Phi) is 7.17. The molecule has 24 heavy (non-hydrogen) atoms. The van der Waals surface area contributed by atoms with Crippen molar-refractivity contribution in [2.75, 3.05) is 20.1 Å². The molecule has 0 fully saturated rings. The Morgan fingerprint density at radius 1 is 1.08 bits per heavy atom. The van der Waals surface area contributed by atoms with Crippen molar-refractivity contribution >= 4 is 40.8 Å². The number of para-hydroxylation sites is 1. The van der Waals surface area contributed by atoms with Gasteiger partial charge in [0, 0.05) is 56.7 Å². The van der Waals surface area contributed by atoms with Gasteiger partial charge in [0.05, 0.1) is 0 Å². The van der Waals surface area contributed by atoms with Crippen LogP contribution in [0.2, 0.25) is 0 Å². The van der Waals surface area contributed by atoms with E-state index in [-0.39, 0.29) is 24.0 Å². The van der Waals surface area contributed by atoms with Crippen LogP contribution in [0, 0.1) is 0 Å². The smallest absolute Gasteiger partial charge is 0.191 e. The van der Waals surface area contributed by atoms with Crippen LogP contribution in [-0.2, 0) is 13.0 Å². The summed E-state index contributed by atoms with van der Waals surface area (Å²) in [4.78, 5) is 7.70. The number of rotatable bonds is 6. The Hall–Kier alpha value is -1.96. The van der Waals surface area contributed by atoms with Gasteiger partial charge >= 0.3 is 0 Å². The van der Waals surface area contributed by atoms with Crippen LogP contribution in [0.25, 0.3) is 10.9 Å². The van der Waals surface area contributed by atoms with Crippen molar-refractivity contribution in [2.45, 2.75) is 13.0 Å². The molecule has 0 aliphatic carbocycles. The van der Waals surface area contributed by atoms with Crippen molar-refractivity contribution in [3.8, 4) is 0 Å². The number of aliphatic imine (C=N–C) groups is 1. The number of hydrogen-bond acceptors (Lipinski definition) is 1. The monoisotopic (exact) mass is 437 g/mol. The molecule has 3 N–H and O–H groups in total. The third-order valence-corrected chi connectivity index (χ3v) is 3.82. The first-order valence-electron chi connectivity index (χ1n) is 7.97. The molecule has 2 aromatic heterocycles. The van der Waals surface area contributed by atoms with Crippen LogP contribution in [0.4, 0.5) is 0 Å². The second-order valence-electron chi connectivity index (χ2n) is 5.48. The van der Waals surface area contributed by atoms with E-state index in [0.717, 1.165) is 32.0 Å². The largest absolute Gasteiger partial charge is 0.358 e. The summed E-state index contributed by atoms with van der Waals surface area (Å²) >= 11 is 0. The summed E-state index contributed by atoms with van der Waals surface area (Å²) in [6.07, 6.45) is 5.06. The lowest BCUT2D eigenvalue weighted by Crippen LogP contribution is -2.39. The SMILES string of the molecule is CN=C(NCCc1cc2ccccc2[nH]1)NCCn1cccc1.I. The van der Waals surface area contributed by atoms with Gasteiger partial charge in [-0.05, 0) is 29.7 Å². The van der Waals surface area contributed by atoms with Crippen molar-refractivity contribution in [1.29, 1.82) is 0 Å². The van der Waals surface area contributed by atoms with Crippen LogP contribution in [0.15, 0.2) is 59.9 Å². The van der Waals surface area contributed by atoms with E-state index in [4.69, 9.17) is 0 Å². The minimum atomic E-state index is 0. The summed E-state index contributed by atoms with van der Waals surface area (Å²) < 4.78 is 2.14. The lowest BCUT2D eigenvalue weighted by Gasteiger charge is -2.11. The molecule has 5 nitrogen and oxygen atoms in total. The van der Waals surface area contributed by atoms with Crippen LogP contribution >= 0.6 is 24.0 Å². The highest BCUT2D eigenvalue weighted by molar-refractivity contribution is 14.0. The number of aromatic nitrogens is 2. The molecule has 0 unspecified atom stereocenters. The summed E-state index contributed by atoms with van der Waals surface area (Å²) in [6, 6.07) is 14.6. The lowest BCUT2D eigenvalue weighted by atomic mass is 10.2. The first-order chi connectivity index (χ1) is 11.3. The molecule has 0 radical (unpaired) electrons. The lowest BCUT2D eigenvalue weighted by molar-refractivity contribution is 0.664. The van der Waals surface area contributed by atoms with Crippen molar-refractivity contribution in [3.63, 3.8) is 0 Å². The van der Waals surface area contributed by atoms with E-state index in [1.54, 1.807) is 7.05 Å². The molecular weight excluding hydrogens is 413 g/mol. The number of nitrogens with zero attached hydrogens (tertiary/aromatic N) is 2. The normalized spacial score (nSPS) is 11.3. The van der Waals surface area contributed by atoms with Crippen molar-refractivity contribution < 1.29 is 0 Å². The van der Waals surface area contributed by atoms with Crippen LogP contribution in [0.3, 0.4) is 0 Å². The van der Waals surface area contributed by atoms with Gasteiger partial charge in [-0.25, -0.2) is 0 Å². The fourth-order valence-electron chi connectivity index (χ4n) is 2.63. The molecule has 0 atom stereocenters. The molecule has 128 valence electrons. The van der Waals surface area contributed by atoms with E-state index in [1.165, 1.54) is 16.6 Å². The van der Waals surface area contributed by atoms with Gasteiger partial charge in [0.2, 0.25) is 0 Å². The minimum Gasteiger partial charge on any atom is -0.358 e. The third-order valence-electron chi connectivity index (χ3n) is 3.82. The molecule has 0 aliphatic heterocycles. The van der Waals surface area contributed by atoms with Crippen LogP contribution in [-0.4, -0.2) is 35.6 Å². The number of guanidine groups is 1. The number of hydrogen-bond donors (Lipinski definition) is 3.